The molecular formula is C17H18Cl2N4O. The Kier molecular flexibility index (Phi) is 7.52. The summed E-state index contributed by atoms with van der Waals surface area (Å²) in [7, 11) is 0. The molecular weight excluding hydrogens is 347 g/mol. The second kappa shape index (κ2) is 9.90. The van der Waals surface area contributed by atoms with Crippen LogP contribution in [-0.4, -0.2) is 42.0 Å². The van der Waals surface area contributed by atoms with Crippen molar-refractivity contribution in [2.24, 2.45) is 5.10 Å². The number of hydrogen-bond acceptors (Lipinski definition) is 4. The topological polar surface area (TPSA) is 57.6 Å². The number of amides is 1. The molecule has 1 heterocycles. The first-order valence-corrected chi connectivity index (χ1v) is 8.52. The number of benzene rings is 1. The summed E-state index contributed by atoms with van der Waals surface area (Å²) < 4.78 is 0. The fourth-order valence-electron chi connectivity index (χ4n) is 2.07. The quantitative estimate of drug-likeness (QED) is 0.444. The van der Waals surface area contributed by atoms with Gasteiger partial charge in [-0.1, -0.05) is 12.1 Å². The Morgan fingerprint density at radius 2 is 1.88 bits per heavy atom. The molecule has 0 saturated carbocycles. The third kappa shape index (κ3) is 5.51. The predicted molar refractivity (Wildman–Crippen MR) is 99.4 cm³/mol. The van der Waals surface area contributed by atoms with Crippen molar-refractivity contribution in [1.29, 1.82) is 0 Å². The van der Waals surface area contributed by atoms with Gasteiger partial charge in [-0.05, 0) is 29.8 Å². The summed E-state index contributed by atoms with van der Waals surface area (Å²) in [6, 6.07) is 11.2. The Bertz CT molecular complexity index is 656. The highest BCUT2D eigenvalue weighted by atomic mass is 35.5. The van der Waals surface area contributed by atoms with Gasteiger partial charge in [0.15, 0.2) is 0 Å². The SMILES string of the molecule is O=C(N/N=C\c1ccc(N(CCCl)CCCl)cc1)c1cccnc1. The molecule has 0 aliphatic rings. The summed E-state index contributed by atoms with van der Waals surface area (Å²) in [6.45, 7) is 1.48. The minimum atomic E-state index is -0.300. The van der Waals surface area contributed by atoms with Crippen molar-refractivity contribution in [3.63, 3.8) is 0 Å². The van der Waals surface area contributed by atoms with Gasteiger partial charge in [0.1, 0.15) is 0 Å². The van der Waals surface area contributed by atoms with Gasteiger partial charge in [-0.25, -0.2) is 5.43 Å². The minimum Gasteiger partial charge on any atom is -0.369 e. The maximum Gasteiger partial charge on any atom is 0.272 e. The summed E-state index contributed by atoms with van der Waals surface area (Å²) in [4.78, 5) is 17.8. The van der Waals surface area contributed by atoms with E-state index in [4.69, 9.17) is 23.2 Å². The Morgan fingerprint density at radius 3 is 2.46 bits per heavy atom. The van der Waals surface area contributed by atoms with Crippen LogP contribution in [0.5, 0.6) is 0 Å². The van der Waals surface area contributed by atoms with Gasteiger partial charge in [0.25, 0.3) is 5.91 Å². The Morgan fingerprint density at radius 1 is 1.17 bits per heavy atom. The van der Waals surface area contributed by atoms with Crippen molar-refractivity contribution in [2.45, 2.75) is 0 Å². The van der Waals surface area contributed by atoms with Crippen LogP contribution in [0.4, 0.5) is 5.69 Å². The number of pyridine rings is 1. The van der Waals surface area contributed by atoms with Crippen LogP contribution >= 0.6 is 23.2 Å². The number of halogens is 2. The van der Waals surface area contributed by atoms with Crippen LogP contribution in [0.2, 0.25) is 0 Å². The molecule has 5 nitrogen and oxygen atoms in total. The molecule has 1 N–H and O–H groups in total. The molecule has 1 aromatic carbocycles. The number of nitrogens with one attached hydrogen (secondary N) is 1. The summed E-state index contributed by atoms with van der Waals surface area (Å²) in [5.41, 5.74) is 4.86. The fraction of sp³-hybridized carbons (Fsp3) is 0.235. The van der Waals surface area contributed by atoms with Crippen LogP contribution in [0.3, 0.4) is 0 Å². The van der Waals surface area contributed by atoms with Crippen LogP contribution in [0.15, 0.2) is 53.9 Å². The molecule has 0 bridgehead atoms. The average molecular weight is 365 g/mol. The zero-order valence-corrected chi connectivity index (χ0v) is 14.5. The molecule has 2 aromatic rings. The molecule has 1 aromatic heterocycles. The van der Waals surface area contributed by atoms with Crippen molar-refractivity contribution in [3.05, 3.63) is 59.9 Å². The highest BCUT2D eigenvalue weighted by molar-refractivity contribution is 6.18. The van der Waals surface area contributed by atoms with Crippen LogP contribution in [0.1, 0.15) is 15.9 Å². The predicted octanol–water partition coefficient (Wildman–Crippen LogP) is 3.13. The van der Waals surface area contributed by atoms with E-state index in [0.29, 0.717) is 17.3 Å². The Hall–Kier alpha value is -2.11. The Balaban J connectivity index is 1.94. The highest BCUT2D eigenvalue weighted by Crippen LogP contribution is 2.15. The summed E-state index contributed by atoms with van der Waals surface area (Å²) in [5.74, 6) is 0.785. The number of alkyl halides is 2. The highest BCUT2D eigenvalue weighted by Gasteiger charge is 2.05. The van der Waals surface area contributed by atoms with Gasteiger partial charge >= 0.3 is 0 Å². The molecule has 0 radical (unpaired) electrons. The molecule has 0 unspecified atom stereocenters. The lowest BCUT2D eigenvalue weighted by Gasteiger charge is -2.22. The van der Waals surface area contributed by atoms with Crippen molar-refractivity contribution in [2.75, 3.05) is 29.7 Å². The number of nitrogens with zero attached hydrogens (tertiary/aromatic N) is 3. The molecule has 0 aliphatic heterocycles. The first kappa shape index (κ1) is 18.2. The third-order valence-electron chi connectivity index (χ3n) is 3.27. The number of hydrazone groups is 1. The van der Waals surface area contributed by atoms with Crippen LogP contribution in [-0.2, 0) is 0 Å². The monoisotopic (exact) mass is 364 g/mol. The van der Waals surface area contributed by atoms with Crippen LogP contribution < -0.4 is 10.3 Å². The average Bonchev–Trinajstić information content (AvgIpc) is 2.63. The van der Waals surface area contributed by atoms with Gasteiger partial charge in [0.2, 0.25) is 0 Å². The number of carbonyl (C=O) groups is 1. The van der Waals surface area contributed by atoms with E-state index in [1.165, 1.54) is 6.20 Å². The van der Waals surface area contributed by atoms with E-state index in [-0.39, 0.29) is 5.91 Å². The maximum atomic E-state index is 11.8. The maximum absolute atomic E-state index is 11.8. The van der Waals surface area contributed by atoms with Gasteiger partial charge in [-0.15, -0.1) is 23.2 Å². The minimum absolute atomic E-state index is 0.300. The molecule has 24 heavy (non-hydrogen) atoms. The largest absolute Gasteiger partial charge is 0.369 e. The molecule has 2 rings (SSSR count). The van der Waals surface area contributed by atoms with Crippen molar-refractivity contribution in [1.82, 2.24) is 10.4 Å². The van der Waals surface area contributed by atoms with Gasteiger partial charge in [-0.2, -0.15) is 5.10 Å². The smallest absolute Gasteiger partial charge is 0.272 e. The molecule has 126 valence electrons. The van der Waals surface area contributed by atoms with E-state index in [2.05, 4.69) is 20.4 Å². The number of anilines is 1. The first-order chi connectivity index (χ1) is 11.7. The lowest BCUT2D eigenvalue weighted by molar-refractivity contribution is 0.0955. The van der Waals surface area contributed by atoms with E-state index >= 15 is 0 Å². The molecule has 7 heteroatoms. The molecule has 0 fully saturated rings. The number of carbonyl (C=O) groups excluding carboxylic acids is 1. The molecule has 0 aliphatic carbocycles. The lowest BCUT2D eigenvalue weighted by atomic mass is 10.2. The van der Waals surface area contributed by atoms with Crippen LogP contribution in [0.25, 0.3) is 0 Å². The molecule has 0 saturated heterocycles. The molecule has 0 spiro atoms. The first-order valence-electron chi connectivity index (χ1n) is 7.45. The fourth-order valence-corrected chi connectivity index (χ4v) is 2.48. The zero-order valence-electron chi connectivity index (χ0n) is 13.0. The summed E-state index contributed by atoms with van der Waals surface area (Å²) in [5, 5.41) is 3.96. The third-order valence-corrected chi connectivity index (χ3v) is 3.61. The van der Waals surface area contributed by atoms with Gasteiger partial charge < -0.3 is 4.90 Å². The Labute approximate surface area is 151 Å². The zero-order chi connectivity index (χ0) is 17.2. The van der Waals surface area contributed by atoms with E-state index in [1.807, 2.05) is 24.3 Å². The van der Waals surface area contributed by atoms with Crippen molar-refractivity contribution in [3.8, 4) is 0 Å². The van der Waals surface area contributed by atoms with E-state index in [1.54, 1.807) is 24.5 Å². The van der Waals surface area contributed by atoms with Gasteiger partial charge in [0, 0.05) is 42.9 Å². The van der Waals surface area contributed by atoms with Crippen molar-refractivity contribution >= 4 is 41.0 Å². The second-order valence-corrected chi connectivity index (χ2v) is 5.65. The molecule has 0 atom stereocenters. The van der Waals surface area contributed by atoms with E-state index in [9.17, 15) is 4.79 Å². The van der Waals surface area contributed by atoms with Gasteiger partial charge in [0.05, 0.1) is 11.8 Å². The van der Waals surface area contributed by atoms with E-state index in [0.717, 1.165) is 24.3 Å². The van der Waals surface area contributed by atoms with Crippen molar-refractivity contribution < 1.29 is 4.79 Å². The standard InChI is InChI=1S/C17H18Cl2N4O/c18-7-10-23(11-8-19)16-5-3-14(4-6-16)12-21-22-17(24)15-2-1-9-20-13-15/h1-6,9,12-13H,7-8,10-11H2,(H,22,24)/b21-12-. The molecule has 1 amide bonds. The normalized spacial score (nSPS) is 10.8. The number of aromatic nitrogens is 1. The van der Waals surface area contributed by atoms with E-state index < -0.39 is 0 Å². The summed E-state index contributed by atoms with van der Waals surface area (Å²) in [6.07, 6.45) is 4.69. The second-order valence-electron chi connectivity index (χ2n) is 4.90. The number of rotatable bonds is 8. The lowest BCUT2D eigenvalue weighted by Crippen LogP contribution is -2.27. The summed E-state index contributed by atoms with van der Waals surface area (Å²) >= 11 is 11.6. The van der Waals surface area contributed by atoms with Gasteiger partial charge in [-0.3, -0.25) is 9.78 Å². The van der Waals surface area contributed by atoms with Crippen LogP contribution in [0, 0.1) is 0 Å². The number of hydrogen-bond donors (Lipinski definition) is 1.